The fourth-order valence-corrected chi connectivity index (χ4v) is 1.74. The third-order valence-corrected chi connectivity index (χ3v) is 2.80. The molecule has 2 aromatic rings. The lowest BCUT2D eigenvalue weighted by Gasteiger charge is -2.07. The summed E-state index contributed by atoms with van der Waals surface area (Å²) in [4.78, 5) is 15.8. The van der Waals surface area contributed by atoms with Gasteiger partial charge in [-0.25, -0.2) is 0 Å². The summed E-state index contributed by atoms with van der Waals surface area (Å²) >= 11 is 0. The lowest BCUT2D eigenvalue weighted by molar-refractivity contribution is 0.104. The maximum Gasteiger partial charge on any atom is 0.185 e. The molecular weight excluding hydrogens is 254 g/mol. The van der Waals surface area contributed by atoms with Crippen LogP contribution in [0.3, 0.4) is 0 Å². The van der Waals surface area contributed by atoms with Crippen LogP contribution in [0, 0.1) is 0 Å². The molecule has 0 amide bonds. The highest BCUT2D eigenvalue weighted by molar-refractivity contribution is 6.06. The molecule has 0 spiro atoms. The van der Waals surface area contributed by atoms with Crippen molar-refractivity contribution in [1.82, 2.24) is 4.98 Å². The van der Waals surface area contributed by atoms with Crippen LogP contribution in [0.5, 0.6) is 11.5 Å². The third kappa shape index (κ3) is 3.23. The van der Waals surface area contributed by atoms with Gasteiger partial charge in [-0.1, -0.05) is 12.1 Å². The van der Waals surface area contributed by atoms with Crippen LogP contribution in [0.25, 0.3) is 6.08 Å². The molecule has 0 aliphatic carbocycles. The molecule has 0 unspecified atom stereocenters. The SMILES string of the molecule is COc1ccc(/C=C/C(=O)c2ccncc2)cc1OC. The Balaban J connectivity index is 2.17. The van der Waals surface area contributed by atoms with Crippen LogP contribution in [0.2, 0.25) is 0 Å². The molecule has 0 radical (unpaired) electrons. The number of hydrogen-bond donors (Lipinski definition) is 0. The Hall–Kier alpha value is -2.62. The van der Waals surface area contributed by atoms with Crippen LogP contribution in [0.15, 0.2) is 48.8 Å². The van der Waals surface area contributed by atoms with Crippen LogP contribution in [0.1, 0.15) is 15.9 Å². The van der Waals surface area contributed by atoms with Gasteiger partial charge in [-0.3, -0.25) is 9.78 Å². The Morgan fingerprint density at radius 3 is 2.40 bits per heavy atom. The summed E-state index contributed by atoms with van der Waals surface area (Å²) in [6.45, 7) is 0. The standard InChI is InChI=1S/C16H15NO3/c1-19-15-6-4-12(11-16(15)20-2)3-5-14(18)13-7-9-17-10-8-13/h3-11H,1-2H3/b5-3+. The van der Waals surface area contributed by atoms with E-state index in [9.17, 15) is 4.79 Å². The van der Waals surface area contributed by atoms with E-state index in [0.29, 0.717) is 17.1 Å². The summed E-state index contributed by atoms with van der Waals surface area (Å²) in [7, 11) is 3.16. The van der Waals surface area contributed by atoms with Crippen molar-refractivity contribution >= 4 is 11.9 Å². The smallest absolute Gasteiger partial charge is 0.185 e. The molecule has 20 heavy (non-hydrogen) atoms. The first-order valence-corrected chi connectivity index (χ1v) is 6.09. The number of benzene rings is 1. The molecule has 0 N–H and O–H groups in total. The monoisotopic (exact) mass is 269 g/mol. The molecule has 2 rings (SSSR count). The summed E-state index contributed by atoms with van der Waals surface area (Å²) in [5.41, 5.74) is 1.47. The van der Waals surface area contributed by atoms with E-state index in [-0.39, 0.29) is 5.78 Å². The number of carbonyl (C=O) groups excluding carboxylic acids is 1. The first-order chi connectivity index (χ1) is 9.74. The van der Waals surface area contributed by atoms with Crippen molar-refractivity contribution in [3.63, 3.8) is 0 Å². The van der Waals surface area contributed by atoms with Gasteiger partial charge in [-0.15, -0.1) is 0 Å². The van der Waals surface area contributed by atoms with Crippen molar-refractivity contribution < 1.29 is 14.3 Å². The average Bonchev–Trinajstić information content (AvgIpc) is 2.53. The Kier molecular flexibility index (Phi) is 4.50. The molecule has 0 saturated heterocycles. The van der Waals surface area contributed by atoms with Crippen LogP contribution < -0.4 is 9.47 Å². The highest BCUT2D eigenvalue weighted by atomic mass is 16.5. The molecular formula is C16H15NO3. The molecule has 0 fully saturated rings. The van der Waals surface area contributed by atoms with Gasteiger partial charge in [-0.2, -0.15) is 0 Å². The van der Waals surface area contributed by atoms with Gasteiger partial charge in [-0.05, 0) is 35.9 Å². The minimum Gasteiger partial charge on any atom is -0.493 e. The molecule has 0 atom stereocenters. The van der Waals surface area contributed by atoms with Crippen molar-refractivity contribution in [2.75, 3.05) is 14.2 Å². The van der Waals surface area contributed by atoms with E-state index >= 15 is 0 Å². The molecule has 102 valence electrons. The Bertz CT molecular complexity index is 621. The first kappa shape index (κ1) is 13.8. The number of rotatable bonds is 5. The highest BCUT2D eigenvalue weighted by Crippen LogP contribution is 2.27. The fourth-order valence-electron chi connectivity index (χ4n) is 1.74. The zero-order chi connectivity index (χ0) is 14.4. The summed E-state index contributed by atoms with van der Waals surface area (Å²) in [6.07, 6.45) is 6.45. The number of ether oxygens (including phenoxy) is 2. The maximum atomic E-state index is 11.9. The van der Waals surface area contributed by atoms with E-state index < -0.39 is 0 Å². The summed E-state index contributed by atoms with van der Waals surface area (Å²) < 4.78 is 10.4. The topological polar surface area (TPSA) is 48.4 Å². The van der Waals surface area contributed by atoms with Gasteiger partial charge >= 0.3 is 0 Å². The highest BCUT2D eigenvalue weighted by Gasteiger charge is 2.04. The van der Waals surface area contributed by atoms with E-state index in [1.807, 2.05) is 12.1 Å². The van der Waals surface area contributed by atoms with Crippen LogP contribution in [0.4, 0.5) is 0 Å². The number of nitrogens with zero attached hydrogens (tertiary/aromatic N) is 1. The van der Waals surface area contributed by atoms with Crippen LogP contribution in [-0.4, -0.2) is 25.0 Å². The second-order valence-corrected chi connectivity index (χ2v) is 4.05. The Morgan fingerprint density at radius 1 is 1.05 bits per heavy atom. The largest absolute Gasteiger partial charge is 0.493 e. The minimum atomic E-state index is -0.0674. The molecule has 0 saturated carbocycles. The van der Waals surface area contributed by atoms with Gasteiger partial charge in [0, 0.05) is 18.0 Å². The zero-order valence-electron chi connectivity index (χ0n) is 11.4. The van der Waals surface area contributed by atoms with Gasteiger partial charge < -0.3 is 9.47 Å². The second kappa shape index (κ2) is 6.52. The van der Waals surface area contributed by atoms with Crippen molar-refractivity contribution in [3.05, 3.63) is 59.9 Å². The molecule has 0 aliphatic rings. The summed E-state index contributed by atoms with van der Waals surface area (Å²) in [5.74, 6) is 1.22. The van der Waals surface area contributed by atoms with Crippen molar-refractivity contribution in [1.29, 1.82) is 0 Å². The maximum absolute atomic E-state index is 11.9. The first-order valence-electron chi connectivity index (χ1n) is 6.09. The van der Waals surface area contributed by atoms with E-state index in [1.165, 1.54) is 6.08 Å². The lowest BCUT2D eigenvalue weighted by Crippen LogP contribution is -1.94. The number of hydrogen-bond acceptors (Lipinski definition) is 4. The van der Waals surface area contributed by atoms with Crippen LogP contribution >= 0.6 is 0 Å². The molecule has 1 aromatic carbocycles. The van der Waals surface area contributed by atoms with Gasteiger partial charge in [0.05, 0.1) is 14.2 Å². The lowest BCUT2D eigenvalue weighted by atomic mass is 10.1. The Labute approximate surface area is 117 Å². The van der Waals surface area contributed by atoms with Gasteiger partial charge in [0.1, 0.15) is 0 Å². The van der Waals surface area contributed by atoms with Crippen molar-refractivity contribution in [2.45, 2.75) is 0 Å². The van der Waals surface area contributed by atoms with E-state index in [0.717, 1.165) is 5.56 Å². The number of aromatic nitrogens is 1. The molecule has 0 bridgehead atoms. The molecule has 1 aromatic heterocycles. The number of allylic oxidation sites excluding steroid dienone is 1. The van der Waals surface area contributed by atoms with E-state index in [1.54, 1.807) is 50.9 Å². The predicted molar refractivity (Wildman–Crippen MR) is 77.1 cm³/mol. The number of ketones is 1. The quantitative estimate of drug-likeness (QED) is 0.618. The number of pyridine rings is 1. The zero-order valence-corrected chi connectivity index (χ0v) is 11.4. The van der Waals surface area contributed by atoms with Gasteiger partial charge in [0.15, 0.2) is 17.3 Å². The normalized spacial score (nSPS) is 10.5. The molecule has 4 heteroatoms. The van der Waals surface area contributed by atoms with Crippen molar-refractivity contribution in [2.24, 2.45) is 0 Å². The molecule has 0 aliphatic heterocycles. The van der Waals surface area contributed by atoms with Crippen molar-refractivity contribution in [3.8, 4) is 11.5 Å². The second-order valence-electron chi connectivity index (χ2n) is 4.05. The van der Waals surface area contributed by atoms with Gasteiger partial charge in [0.25, 0.3) is 0 Å². The molecule has 4 nitrogen and oxygen atoms in total. The number of carbonyl (C=O) groups is 1. The van der Waals surface area contributed by atoms with Crippen LogP contribution in [-0.2, 0) is 0 Å². The van der Waals surface area contributed by atoms with Gasteiger partial charge in [0.2, 0.25) is 0 Å². The average molecular weight is 269 g/mol. The summed E-state index contributed by atoms with van der Waals surface area (Å²) in [5, 5.41) is 0. The Morgan fingerprint density at radius 2 is 1.75 bits per heavy atom. The summed E-state index contributed by atoms with van der Waals surface area (Å²) in [6, 6.07) is 8.84. The fraction of sp³-hybridized carbons (Fsp3) is 0.125. The number of methoxy groups -OCH3 is 2. The molecule has 1 heterocycles. The van der Waals surface area contributed by atoms with E-state index in [2.05, 4.69) is 4.98 Å². The minimum absolute atomic E-state index is 0.0674. The predicted octanol–water partition coefficient (Wildman–Crippen LogP) is 2.99. The third-order valence-electron chi connectivity index (χ3n) is 2.80. The van der Waals surface area contributed by atoms with E-state index in [4.69, 9.17) is 9.47 Å².